The minimum Gasteiger partial charge on any atom is -0.492 e. The van der Waals surface area contributed by atoms with E-state index in [0.717, 1.165) is 0 Å². The predicted molar refractivity (Wildman–Crippen MR) is 81.1 cm³/mol. The Bertz CT molecular complexity index is 676. The fourth-order valence-electron chi connectivity index (χ4n) is 2.18. The Morgan fingerprint density at radius 2 is 2.09 bits per heavy atom. The van der Waals surface area contributed by atoms with Crippen LogP contribution in [0.2, 0.25) is 5.02 Å². The molecule has 5 nitrogen and oxygen atoms in total. The largest absolute Gasteiger partial charge is 0.492 e. The van der Waals surface area contributed by atoms with Crippen LogP contribution in [0.4, 0.5) is 4.39 Å². The molecule has 0 bridgehead atoms. The Hall–Kier alpha value is -1.79. The normalized spacial score (nSPS) is 18.0. The molecule has 2 rings (SSSR count). The molecular formula is C14H13Cl2FN2O3. The first kappa shape index (κ1) is 16.6. The number of benzene rings is 1. The first-order valence-corrected chi connectivity index (χ1v) is 7.00. The van der Waals surface area contributed by atoms with Crippen molar-refractivity contribution in [3.05, 3.63) is 39.3 Å². The summed E-state index contributed by atoms with van der Waals surface area (Å²) in [5, 5.41) is 10.8. The average molecular weight is 347 g/mol. The van der Waals surface area contributed by atoms with Crippen LogP contribution in [0.15, 0.2) is 22.9 Å². The van der Waals surface area contributed by atoms with Crippen LogP contribution in [0.25, 0.3) is 0 Å². The second-order valence-electron chi connectivity index (χ2n) is 4.54. The highest BCUT2D eigenvalue weighted by Gasteiger charge is 2.31. The Kier molecular flexibility index (Phi) is 4.93. The zero-order valence-electron chi connectivity index (χ0n) is 11.8. The molecule has 1 aliphatic heterocycles. The fraction of sp³-hybridized carbons (Fsp3) is 0.286. The molecule has 0 spiro atoms. The molecule has 1 aromatic carbocycles. The number of hydrogen-bond donors (Lipinski definition) is 2. The summed E-state index contributed by atoms with van der Waals surface area (Å²) >= 11 is 11.8. The molecule has 0 saturated heterocycles. The van der Waals surface area contributed by atoms with Crippen molar-refractivity contribution in [1.29, 1.82) is 5.41 Å². The molecule has 1 aliphatic rings. The molecule has 0 radical (unpaired) electrons. The van der Waals surface area contributed by atoms with Gasteiger partial charge in [0.2, 0.25) is 0 Å². The summed E-state index contributed by atoms with van der Waals surface area (Å²) in [7, 11) is 2.50. The van der Waals surface area contributed by atoms with E-state index in [2.05, 4.69) is 10.1 Å². The number of nitrogens with one attached hydrogen (secondary N) is 2. The van der Waals surface area contributed by atoms with E-state index in [1.54, 1.807) is 0 Å². The van der Waals surface area contributed by atoms with Crippen molar-refractivity contribution in [2.45, 2.75) is 12.5 Å². The van der Waals surface area contributed by atoms with Crippen molar-refractivity contribution < 1.29 is 18.7 Å². The minimum absolute atomic E-state index is 0.0131. The second-order valence-corrected chi connectivity index (χ2v) is 5.33. The summed E-state index contributed by atoms with van der Waals surface area (Å²) in [4.78, 5) is 11.7. The smallest absolute Gasteiger partial charge is 0.355 e. The molecule has 0 aromatic heterocycles. The molecule has 22 heavy (non-hydrogen) atoms. The number of esters is 1. The van der Waals surface area contributed by atoms with Crippen LogP contribution in [-0.4, -0.2) is 25.9 Å². The summed E-state index contributed by atoms with van der Waals surface area (Å²) in [6.45, 7) is 0. The van der Waals surface area contributed by atoms with Gasteiger partial charge in [0.05, 0.1) is 36.0 Å². The van der Waals surface area contributed by atoms with Crippen molar-refractivity contribution in [2.24, 2.45) is 0 Å². The highest BCUT2D eigenvalue weighted by atomic mass is 35.5. The van der Waals surface area contributed by atoms with Gasteiger partial charge in [-0.05, 0) is 6.07 Å². The van der Waals surface area contributed by atoms with Gasteiger partial charge in [-0.2, -0.15) is 0 Å². The number of rotatable bonds is 3. The Labute approximate surface area is 136 Å². The van der Waals surface area contributed by atoms with Gasteiger partial charge in [-0.1, -0.05) is 29.3 Å². The molecule has 2 N–H and O–H groups in total. The topological polar surface area (TPSA) is 71.4 Å². The van der Waals surface area contributed by atoms with Gasteiger partial charge in [0.25, 0.3) is 0 Å². The molecule has 0 fully saturated rings. The van der Waals surface area contributed by atoms with Gasteiger partial charge < -0.3 is 20.2 Å². The van der Waals surface area contributed by atoms with Crippen molar-refractivity contribution in [2.75, 3.05) is 14.2 Å². The molecule has 0 aliphatic carbocycles. The monoisotopic (exact) mass is 346 g/mol. The van der Waals surface area contributed by atoms with Crippen LogP contribution < -0.4 is 10.1 Å². The number of carbonyl (C=O) groups excluding carboxylic acids is 1. The third kappa shape index (κ3) is 2.89. The van der Waals surface area contributed by atoms with Crippen LogP contribution in [0.3, 0.4) is 0 Å². The maximum Gasteiger partial charge on any atom is 0.355 e. The predicted octanol–water partition coefficient (Wildman–Crippen LogP) is 3.17. The lowest BCUT2D eigenvalue weighted by Gasteiger charge is -2.27. The van der Waals surface area contributed by atoms with Gasteiger partial charge in [0, 0.05) is 12.0 Å². The first-order chi connectivity index (χ1) is 10.4. The van der Waals surface area contributed by atoms with Crippen molar-refractivity contribution in [3.63, 3.8) is 0 Å². The maximum absolute atomic E-state index is 14.5. The van der Waals surface area contributed by atoms with Gasteiger partial charge >= 0.3 is 5.97 Å². The quantitative estimate of drug-likeness (QED) is 0.824. The molecule has 8 heteroatoms. The number of ether oxygens (including phenoxy) is 2. The molecule has 1 heterocycles. The van der Waals surface area contributed by atoms with Crippen LogP contribution in [0, 0.1) is 11.2 Å². The van der Waals surface area contributed by atoms with E-state index < -0.39 is 17.8 Å². The lowest BCUT2D eigenvalue weighted by molar-refractivity contribution is -0.136. The van der Waals surface area contributed by atoms with Crippen LogP contribution in [-0.2, 0) is 9.53 Å². The SMILES string of the molecule is COC(=O)C1=C(Cl)C(=N)CC(c2ccc(Cl)c(OC)c2F)N1. The Morgan fingerprint density at radius 3 is 2.68 bits per heavy atom. The molecule has 0 amide bonds. The van der Waals surface area contributed by atoms with E-state index in [-0.39, 0.29) is 39.2 Å². The highest BCUT2D eigenvalue weighted by Crippen LogP contribution is 2.36. The Balaban J connectivity index is 2.44. The second kappa shape index (κ2) is 6.54. The molecule has 118 valence electrons. The number of allylic oxidation sites excluding steroid dienone is 1. The van der Waals surface area contributed by atoms with Gasteiger partial charge in [0.1, 0.15) is 5.70 Å². The average Bonchev–Trinajstić information content (AvgIpc) is 2.50. The van der Waals surface area contributed by atoms with Gasteiger partial charge in [-0.3, -0.25) is 0 Å². The minimum atomic E-state index is -0.721. The summed E-state index contributed by atoms with van der Waals surface area (Å²) < 4.78 is 24.0. The molecule has 1 unspecified atom stereocenters. The van der Waals surface area contributed by atoms with E-state index in [0.29, 0.717) is 0 Å². The number of hydrogen-bond acceptors (Lipinski definition) is 5. The van der Waals surface area contributed by atoms with Crippen LogP contribution in [0.1, 0.15) is 18.0 Å². The van der Waals surface area contributed by atoms with E-state index >= 15 is 0 Å². The van der Waals surface area contributed by atoms with E-state index in [9.17, 15) is 9.18 Å². The van der Waals surface area contributed by atoms with Crippen molar-refractivity contribution in [3.8, 4) is 5.75 Å². The number of carbonyl (C=O) groups is 1. The first-order valence-electron chi connectivity index (χ1n) is 6.25. The number of halogens is 3. The standard InChI is InChI=1S/C14H13Cl2FN2O3/c1-21-13-7(15)4-3-6(11(13)17)9-5-8(18)10(16)12(19-9)14(20)22-2/h3-4,9,18-19H,5H2,1-2H3. The van der Waals surface area contributed by atoms with E-state index in [1.807, 2.05) is 0 Å². The summed E-state index contributed by atoms with van der Waals surface area (Å²) in [6.07, 6.45) is 0.112. The molecule has 0 saturated carbocycles. The zero-order chi connectivity index (χ0) is 16.4. The van der Waals surface area contributed by atoms with E-state index in [4.69, 9.17) is 33.3 Å². The van der Waals surface area contributed by atoms with Crippen molar-refractivity contribution in [1.82, 2.24) is 5.32 Å². The zero-order valence-corrected chi connectivity index (χ0v) is 13.3. The molecular weight excluding hydrogens is 334 g/mol. The lowest BCUT2D eigenvalue weighted by Crippen LogP contribution is -2.34. The fourth-order valence-corrected chi connectivity index (χ4v) is 2.61. The van der Waals surface area contributed by atoms with Crippen LogP contribution in [0.5, 0.6) is 5.75 Å². The van der Waals surface area contributed by atoms with Gasteiger partial charge in [0.15, 0.2) is 11.6 Å². The summed E-state index contributed by atoms with van der Waals surface area (Å²) in [6, 6.07) is 2.30. The molecule has 1 atom stereocenters. The third-order valence-corrected chi connectivity index (χ3v) is 3.97. The maximum atomic E-state index is 14.5. The lowest BCUT2D eigenvalue weighted by atomic mass is 9.96. The van der Waals surface area contributed by atoms with Gasteiger partial charge in [-0.15, -0.1) is 0 Å². The van der Waals surface area contributed by atoms with Crippen LogP contribution >= 0.6 is 23.2 Å². The Morgan fingerprint density at radius 1 is 1.41 bits per heavy atom. The molecule has 1 aromatic rings. The summed E-state index contributed by atoms with van der Waals surface area (Å²) in [5.41, 5.74) is 0.162. The van der Waals surface area contributed by atoms with E-state index in [1.165, 1.54) is 26.4 Å². The highest BCUT2D eigenvalue weighted by molar-refractivity contribution is 6.45. The third-order valence-electron chi connectivity index (χ3n) is 3.26. The number of methoxy groups -OCH3 is 2. The van der Waals surface area contributed by atoms with Crippen molar-refractivity contribution >= 4 is 34.9 Å². The summed E-state index contributed by atoms with van der Waals surface area (Å²) in [5.74, 6) is -1.46. The van der Waals surface area contributed by atoms with Gasteiger partial charge in [-0.25, -0.2) is 9.18 Å².